The van der Waals surface area contributed by atoms with E-state index in [9.17, 15) is 5.11 Å². The zero-order valence-corrected chi connectivity index (χ0v) is 12.6. The van der Waals surface area contributed by atoms with Gasteiger partial charge in [0, 0.05) is 0 Å². The van der Waals surface area contributed by atoms with Gasteiger partial charge in [-0.05, 0) is 54.7 Å². The minimum atomic E-state index is -0.445. The molecule has 0 radical (unpaired) electrons. The highest BCUT2D eigenvalue weighted by molar-refractivity contribution is 5.44. The number of hydrogen-bond acceptors (Lipinski definition) is 4. The van der Waals surface area contributed by atoms with Gasteiger partial charge < -0.3 is 19.3 Å². The van der Waals surface area contributed by atoms with Crippen molar-refractivity contribution in [2.24, 2.45) is 0 Å². The molecule has 0 aromatic heterocycles. The fourth-order valence-corrected chi connectivity index (χ4v) is 2.59. The Morgan fingerprint density at radius 3 is 2.64 bits per heavy atom. The quantitative estimate of drug-likeness (QED) is 0.887. The number of aliphatic hydroxyl groups is 1. The summed E-state index contributed by atoms with van der Waals surface area (Å²) in [5.41, 5.74) is 2.12. The highest BCUT2D eigenvalue weighted by atomic mass is 16.7. The maximum Gasteiger partial charge on any atom is 0.231 e. The molecule has 0 saturated heterocycles. The van der Waals surface area contributed by atoms with Gasteiger partial charge in [0.2, 0.25) is 6.79 Å². The molecule has 4 nitrogen and oxygen atoms in total. The predicted molar refractivity (Wildman–Crippen MR) is 83.5 cm³/mol. The first-order valence-electron chi connectivity index (χ1n) is 7.47. The largest absolute Gasteiger partial charge is 0.497 e. The summed E-state index contributed by atoms with van der Waals surface area (Å²) in [4.78, 5) is 0. The number of ether oxygens (including phenoxy) is 3. The Labute approximate surface area is 130 Å². The van der Waals surface area contributed by atoms with Crippen molar-refractivity contribution >= 4 is 0 Å². The Hall–Kier alpha value is -2.20. The Morgan fingerprint density at radius 2 is 1.86 bits per heavy atom. The average Bonchev–Trinajstić information content (AvgIpc) is 3.02. The number of aliphatic hydroxyl groups excluding tert-OH is 1. The van der Waals surface area contributed by atoms with Gasteiger partial charge in [0.15, 0.2) is 11.5 Å². The summed E-state index contributed by atoms with van der Waals surface area (Å²) < 4.78 is 15.8. The minimum absolute atomic E-state index is 0.301. The predicted octanol–water partition coefficient (Wildman–Crippen LogP) is 3.48. The lowest BCUT2D eigenvalue weighted by Gasteiger charge is -2.11. The summed E-state index contributed by atoms with van der Waals surface area (Å²) in [6.07, 6.45) is 2.09. The molecular weight excluding hydrogens is 280 g/mol. The van der Waals surface area contributed by atoms with Crippen molar-refractivity contribution in [2.75, 3.05) is 13.9 Å². The highest BCUT2D eigenvalue weighted by Gasteiger charge is 2.13. The summed E-state index contributed by atoms with van der Waals surface area (Å²) in [5, 5.41) is 10.2. The van der Waals surface area contributed by atoms with Crippen molar-refractivity contribution in [2.45, 2.75) is 25.4 Å². The first-order valence-corrected chi connectivity index (χ1v) is 7.47. The SMILES string of the molecule is COc1ccc(C(O)CCCc2ccc3c(c2)OCO3)cc1. The lowest BCUT2D eigenvalue weighted by molar-refractivity contribution is 0.164. The van der Waals surface area contributed by atoms with Gasteiger partial charge in [-0.1, -0.05) is 18.2 Å². The summed E-state index contributed by atoms with van der Waals surface area (Å²) in [5.74, 6) is 2.42. The highest BCUT2D eigenvalue weighted by Crippen LogP contribution is 2.33. The van der Waals surface area contributed by atoms with Crippen LogP contribution in [-0.4, -0.2) is 19.0 Å². The van der Waals surface area contributed by atoms with Crippen molar-refractivity contribution in [3.05, 3.63) is 53.6 Å². The molecule has 22 heavy (non-hydrogen) atoms. The van der Waals surface area contributed by atoms with E-state index in [0.29, 0.717) is 6.79 Å². The van der Waals surface area contributed by atoms with E-state index in [1.807, 2.05) is 42.5 Å². The summed E-state index contributed by atoms with van der Waals surface area (Å²) >= 11 is 0. The van der Waals surface area contributed by atoms with Crippen LogP contribution in [0.25, 0.3) is 0 Å². The lowest BCUT2D eigenvalue weighted by Crippen LogP contribution is -1.98. The third kappa shape index (κ3) is 3.34. The van der Waals surface area contributed by atoms with Gasteiger partial charge in [-0.25, -0.2) is 0 Å². The van der Waals surface area contributed by atoms with E-state index in [4.69, 9.17) is 14.2 Å². The van der Waals surface area contributed by atoms with Crippen LogP contribution in [0.3, 0.4) is 0 Å². The van der Waals surface area contributed by atoms with Crippen molar-refractivity contribution in [1.82, 2.24) is 0 Å². The van der Waals surface area contributed by atoms with E-state index < -0.39 is 6.10 Å². The van der Waals surface area contributed by atoms with E-state index in [1.54, 1.807) is 7.11 Å². The lowest BCUT2D eigenvalue weighted by atomic mass is 10.0. The van der Waals surface area contributed by atoms with Gasteiger partial charge in [0.1, 0.15) is 5.75 Å². The number of rotatable bonds is 6. The van der Waals surface area contributed by atoms with Crippen molar-refractivity contribution < 1.29 is 19.3 Å². The van der Waals surface area contributed by atoms with Crippen LogP contribution in [0.5, 0.6) is 17.2 Å². The summed E-state index contributed by atoms with van der Waals surface area (Å²) in [7, 11) is 1.64. The van der Waals surface area contributed by atoms with Crippen molar-refractivity contribution in [3.8, 4) is 17.2 Å². The second kappa shape index (κ2) is 6.71. The molecule has 0 fully saturated rings. The van der Waals surface area contributed by atoms with Crippen LogP contribution in [0.15, 0.2) is 42.5 Å². The first kappa shape index (κ1) is 14.7. The third-order valence-corrected chi connectivity index (χ3v) is 3.88. The van der Waals surface area contributed by atoms with Gasteiger partial charge in [0.05, 0.1) is 13.2 Å². The van der Waals surface area contributed by atoms with Crippen molar-refractivity contribution in [3.63, 3.8) is 0 Å². The van der Waals surface area contributed by atoms with Gasteiger partial charge in [0.25, 0.3) is 0 Å². The van der Waals surface area contributed by atoms with Crippen LogP contribution in [0.2, 0.25) is 0 Å². The molecule has 0 saturated carbocycles. The fourth-order valence-electron chi connectivity index (χ4n) is 2.59. The average molecular weight is 300 g/mol. The molecule has 1 heterocycles. The smallest absolute Gasteiger partial charge is 0.231 e. The molecular formula is C18H20O4. The maximum atomic E-state index is 10.2. The molecule has 1 aliphatic heterocycles. The molecule has 1 atom stereocenters. The first-order chi connectivity index (χ1) is 10.8. The Morgan fingerprint density at radius 1 is 1.09 bits per heavy atom. The zero-order valence-electron chi connectivity index (χ0n) is 12.6. The Balaban J connectivity index is 1.51. The second-order valence-electron chi connectivity index (χ2n) is 5.37. The molecule has 0 spiro atoms. The molecule has 0 bridgehead atoms. The van der Waals surface area contributed by atoms with Crippen molar-refractivity contribution in [1.29, 1.82) is 0 Å². The maximum absolute atomic E-state index is 10.2. The molecule has 1 N–H and O–H groups in total. The number of benzene rings is 2. The molecule has 3 rings (SSSR count). The van der Waals surface area contributed by atoms with E-state index in [1.165, 1.54) is 5.56 Å². The zero-order chi connectivity index (χ0) is 15.4. The van der Waals surface area contributed by atoms with E-state index in [0.717, 1.165) is 42.1 Å². The van der Waals surface area contributed by atoms with Crippen LogP contribution in [0, 0.1) is 0 Å². The van der Waals surface area contributed by atoms with Crippen LogP contribution >= 0.6 is 0 Å². The molecule has 0 aliphatic carbocycles. The molecule has 2 aromatic rings. The normalized spacial score (nSPS) is 13.9. The van der Waals surface area contributed by atoms with E-state index in [-0.39, 0.29) is 0 Å². The molecule has 0 amide bonds. The van der Waals surface area contributed by atoms with Crippen LogP contribution in [-0.2, 0) is 6.42 Å². The fraction of sp³-hybridized carbons (Fsp3) is 0.333. The number of fused-ring (bicyclic) bond motifs is 1. The van der Waals surface area contributed by atoms with E-state index >= 15 is 0 Å². The van der Waals surface area contributed by atoms with Crippen LogP contribution in [0.1, 0.15) is 30.1 Å². The monoisotopic (exact) mass is 300 g/mol. The number of methoxy groups -OCH3 is 1. The topological polar surface area (TPSA) is 47.9 Å². The minimum Gasteiger partial charge on any atom is -0.497 e. The second-order valence-corrected chi connectivity index (χ2v) is 5.37. The number of hydrogen-bond donors (Lipinski definition) is 1. The van der Waals surface area contributed by atoms with Crippen LogP contribution < -0.4 is 14.2 Å². The standard InChI is InChI=1S/C18H20O4/c1-20-15-8-6-14(7-9-15)16(19)4-2-3-13-5-10-17-18(11-13)22-12-21-17/h5-11,16,19H,2-4,12H2,1H3. The third-order valence-electron chi connectivity index (χ3n) is 3.88. The summed E-state index contributed by atoms with van der Waals surface area (Å²) in [6.45, 7) is 0.301. The molecule has 2 aromatic carbocycles. The molecule has 1 aliphatic rings. The molecule has 1 unspecified atom stereocenters. The van der Waals surface area contributed by atoms with Gasteiger partial charge in [-0.2, -0.15) is 0 Å². The molecule has 4 heteroatoms. The Bertz CT molecular complexity index is 621. The van der Waals surface area contributed by atoms with Gasteiger partial charge in [-0.3, -0.25) is 0 Å². The molecule has 116 valence electrons. The number of aryl methyl sites for hydroxylation is 1. The van der Waals surface area contributed by atoms with Gasteiger partial charge in [-0.15, -0.1) is 0 Å². The Kier molecular flexibility index (Phi) is 4.49. The van der Waals surface area contributed by atoms with E-state index in [2.05, 4.69) is 0 Å². The summed E-state index contributed by atoms with van der Waals surface area (Å²) in [6, 6.07) is 13.6. The van der Waals surface area contributed by atoms with Crippen LogP contribution in [0.4, 0.5) is 0 Å². The van der Waals surface area contributed by atoms with Gasteiger partial charge >= 0.3 is 0 Å².